The summed E-state index contributed by atoms with van der Waals surface area (Å²) >= 11 is 1.19. The van der Waals surface area contributed by atoms with Crippen molar-refractivity contribution in [2.45, 2.75) is 31.2 Å². The van der Waals surface area contributed by atoms with Gasteiger partial charge < -0.3 is 15.4 Å². The molecule has 0 aliphatic heterocycles. The fourth-order valence-corrected chi connectivity index (χ4v) is 2.17. The minimum absolute atomic E-state index is 0.0629. The number of hydrogen-bond acceptors (Lipinski definition) is 7. The molecule has 0 unspecified atom stereocenters. The van der Waals surface area contributed by atoms with E-state index >= 15 is 0 Å². The van der Waals surface area contributed by atoms with E-state index in [1.54, 1.807) is 13.0 Å². The van der Waals surface area contributed by atoms with E-state index in [9.17, 15) is 0 Å². The van der Waals surface area contributed by atoms with Crippen molar-refractivity contribution < 1.29 is 9.62 Å². The number of oxime groups is 1. The van der Waals surface area contributed by atoms with Gasteiger partial charge in [-0.25, -0.2) is 15.0 Å². The van der Waals surface area contributed by atoms with Crippen LogP contribution in [0, 0.1) is 20.8 Å². The van der Waals surface area contributed by atoms with Gasteiger partial charge in [0.25, 0.3) is 5.22 Å². The van der Waals surface area contributed by atoms with Crippen LogP contribution < -0.4 is 5.73 Å². The summed E-state index contributed by atoms with van der Waals surface area (Å²) in [5.74, 6) is 0.693. The monoisotopic (exact) mass is 279 g/mol. The van der Waals surface area contributed by atoms with Crippen LogP contribution in [0.2, 0.25) is 0 Å². The van der Waals surface area contributed by atoms with Crippen molar-refractivity contribution >= 4 is 17.6 Å². The van der Waals surface area contributed by atoms with Crippen LogP contribution >= 0.6 is 11.8 Å². The molecular weight excluding hydrogens is 266 g/mol. The van der Waals surface area contributed by atoms with Gasteiger partial charge in [0, 0.05) is 17.5 Å². The molecular formula is C11H13N5O2S. The van der Waals surface area contributed by atoms with Crippen LogP contribution in [0.15, 0.2) is 26.0 Å². The van der Waals surface area contributed by atoms with Gasteiger partial charge in [-0.3, -0.25) is 0 Å². The first-order valence-electron chi connectivity index (χ1n) is 5.45. The Labute approximate surface area is 114 Å². The number of hydrogen-bond donors (Lipinski definition) is 2. The van der Waals surface area contributed by atoms with Crippen molar-refractivity contribution in [3.8, 4) is 0 Å². The summed E-state index contributed by atoms with van der Waals surface area (Å²) in [6.45, 7) is 5.50. The van der Waals surface area contributed by atoms with Gasteiger partial charge in [0.2, 0.25) is 0 Å². The maximum Gasteiger partial charge on any atom is 0.264 e. The van der Waals surface area contributed by atoms with Crippen molar-refractivity contribution in [3.63, 3.8) is 0 Å². The predicted molar refractivity (Wildman–Crippen MR) is 69.4 cm³/mol. The smallest absolute Gasteiger partial charge is 0.264 e. The highest BCUT2D eigenvalue weighted by atomic mass is 32.2. The van der Waals surface area contributed by atoms with Gasteiger partial charge in [-0.05, 0) is 26.8 Å². The molecule has 0 aliphatic carbocycles. The fourth-order valence-electron chi connectivity index (χ4n) is 1.33. The lowest BCUT2D eigenvalue weighted by Gasteiger charge is -2.02. The summed E-state index contributed by atoms with van der Waals surface area (Å²) in [5.41, 5.74) is 7.41. The van der Waals surface area contributed by atoms with Gasteiger partial charge in [0.05, 0.1) is 5.69 Å². The molecule has 0 saturated heterocycles. The van der Waals surface area contributed by atoms with Crippen molar-refractivity contribution in [2.24, 2.45) is 10.9 Å². The van der Waals surface area contributed by atoms with E-state index in [1.165, 1.54) is 11.8 Å². The zero-order valence-electron chi connectivity index (χ0n) is 10.7. The number of nitrogens with zero attached hydrogens (tertiary/aromatic N) is 4. The lowest BCUT2D eigenvalue weighted by molar-refractivity contribution is 0.318. The van der Waals surface area contributed by atoms with Gasteiger partial charge in [0.15, 0.2) is 11.0 Å². The van der Waals surface area contributed by atoms with Crippen LogP contribution in [0.25, 0.3) is 0 Å². The third-order valence-corrected chi connectivity index (χ3v) is 3.11. The molecule has 0 bridgehead atoms. The molecule has 0 fully saturated rings. The summed E-state index contributed by atoms with van der Waals surface area (Å²) in [5, 5.41) is 12.5. The van der Waals surface area contributed by atoms with Crippen molar-refractivity contribution in [1.29, 1.82) is 0 Å². The minimum Gasteiger partial charge on any atom is -0.436 e. The van der Waals surface area contributed by atoms with Gasteiger partial charge >= 0.3 is 0 Å². The molecule has 0 atom stereocenters. The molecule has 2 rings (SSSR count). The number of aryl methyl sites for hydroxylation is 3. The predicted octanol–water partition coefficient (Wildman–Crippen LogP) is 1.64. The molecule has 2 aromatic heterocycles. The topological polar surface area (TPSA) is 110 Å². The van der Waals surface area contributed by atoms with Crippen LogP contribution in [-0.4, -0.2) is 26.0 Å². The number of rotatable bonds is 3. The highest BCUT2D eigenvalue weighted by Gasteiger charge is 2.12. The lowest BCUT2D eigenvalue weighted by Crippen LogP contribution is -2.16. The molecule has 0 amide bonds. The zero-order chi connectivity index (χ0) is 14.0. The molecule has 0 radical (unpaired) electrons. The maximum atomic E-state index is 8.66. The Kier molecular flexibility index (Phi) is 3.70. The van der Waals surface area contributed by atoms with E-state index in [-0.39, 0.29) is 5.84 Å². The molecule has 7 nitrogen and oxygen atoms in total. The van der Waals surface area contributed by atoms with Gasteiger partial charge in [-0.15, -0.1) is 0 Å². The molecule has 100 valence electrons. The highest BCUT2D eigenvalue weighted by molar-refractivity contribution is 7.98. The number of aromatic nitrogens is 3. The summed E-state index contributed by atoms with van der Waals surface area (Å²) in [6.07, 6.45) is 0. The molecule has 0 aromatic carbocycles. The second-order valence-electron chi connectivity index (χ2n) is 3.89. The normalized spacial score (nSPS) is 11.8. The van der Waals surface area contributed by atoms with Crippen molar-refractivity contribution in [1.82, 2.24) is 15.0 Å². The van der Waals surface area contributed by atoms with Gasteiger partial charge in [-0.1, -0.05) is 5.16 Å². The fraction of sp³-hybridized carbons (Fsp3) is 0.273. The van der Waals surface area contributed by atoms with E-state index in [4.69, 9.17) is 15.4 Å². The molecule has 3 N–H and O–H groups in total. The molecule has 0 spiro atoms. The van der Waals surface area contributed by atoms with E-state index < -0.39 is 0 Å². The lowest BCUT2D eigenvalue weighted by atomic mass is 10.3. The molecule has 2 heterocycles. The van der Waals surface area contributed by atoms with Gasteiger partial charge in [-0.2, -0.15) is 0 Å². The van der Waals surface area contributed by atoms with Crippen LogP contribution in [0.1, 0.15) is 22.8 Å². The Balaban J connectivity index is 2.32. The quantitative estimate of drug-likeness (QED) is 0.289. The standard InChI is InChI=1S/C11H13N5O2S/c1-5-4-8(9(12)16-17)15-10(13-5)19-11-14-6(2)7(3)18-11/h4,17H,1-3H3,(H2,12,16). The SMILES string of the molecule is Cc1cc(/C(N)=N/O)nc(Sc2nc(C)c(C)o2)n1. The first kappa shape index (κ1) is 13.3. The van der Waals surface area contributed by atoms with Crippen LogP contribution in [0.3, 0.4) is 0 Å². The Morgan fingerprint density at radius 2 is 2.05 bits per heavy atom. The molecule has 0 saturated carbocycles. The third kappa shape index (κ3) is 3.02. The summed E-state index contributed by atoms with van der Waals surface area (Å²) in [4.78, 5) is 12.7. The van der Waals surface area contributed by atoms with Crippen LogP contribution in [0.4, 0.5) is 0 Å². The Morgan fingerprint density at radius 3 is 2.63 bits per heavy atom. The molecule has 8 heteroatoms. The first-order chi connectivity index (χ1) is 8.99. The summed E-state index contributed by atoms with van der Waals surface area (Å²) in [6, 6.07) is 1.63. The van der Waals surface area contributed by atoms with Gasteiger partial charge in [0.1, 0.15) is 11.5 Å². The second kappa shape index (κ2) is 5.27. The number of amidine groups is 1. The molecule has 19 heavy (non-hydrogen) atoms. The van der Waals surface area contributed by atoms with Crippen LogP contribution in [-0.2, 0) is 0 Å². The minimum atomic E-state index is -0.0629. The molecule has 2 aromatic rings. The Bertz CT molecular complexity index is 619. The zero-order valence-corrected chi connectivity index (χ0v) is 11.5. The first-order valence-corrected chi connectivity index (χ1v) is 6.26. The van der Waals surface area contributed by atoms with Crippen molar-refractivity contribution in [3.05, 3.63) is 28.9 Å². The van der Waals surface area contributed by atoms with Crippen LogP contribution in [0.5, 0.6) is 0 Å². The van der Waals surface area contributed by atoms with E-state index in [0.29, 0.717) is 21.8 Å². The number of nitrogens with two attached hydrogens (primary N) is 1. The Morgan fingerprint density at radius 1 is 1.32 bits per heavy atom. The second-order valence-corrected chi connectivity index (χ2v) is 4.80. The highest BCUT2D eigenvalue weighted by Crippen LogP contribution is 2.25. The summed E-state index contributed by atoms with van der Waals surface area (Å²) in [7, 11) is 0. The molecule has 0 aliphatic rings. The average Bonchev–Trinajstić information content (AvgIpc) is 2.66. The summed E-state index contributed by atoms with van der Waals surface area (Å²) < 4.78 is 5.45. The van der Waals surface area contributed by atoms with E-state index in [2.05, 4.69) is 20.1 Å². The van der Waals surface area contributed by atoms with Crippen molar-refractivity contribution in [2.75, 3.05) is 0 Å². The number of oxazole rings is 1. The third-order valence-electron chi connectivity index (χ3n) is 2.39. The maximum absolute atomic E-state index is 8.66. The largest absolute Gasteiger partial charge is 0.436 e. The Hall–Kier alpha value is -2.09. The van der Waals surface area contributed by atoms with E-state index in [0.717, 1.165) is 11.5 Å². The van der Waals surface area contributed by atoms with E-state index in [1.807, 2.05) is 13.8 Å². The average molecular weight is 279 g/mol.